The van der Waals surface area contributed by atoms with Crippen molar-refractivity contribution in [3.63, 3.8) is 0 Å². The van der Waals surface area contributed by atoms with Gasteiger partial charge in [-0.25, -0.2) is 0 Å². The number of ether oxygens (including phenoxy) is 2. The van der Waals surface area contributed by atoms with Crippen LogP contribution in [0.15, 0.2) is 0 Å². The molecule has 0 amide bonds. The Morgan fingerprint density at radius 3 is 2.64 bits per heavy atom. The molecule has 0 bridgehead atoms. The monoisotopic (exact) mass is 200 g/mol. The van der Waals surface area contributed by atoms with Gasteiger partial charge in [0.05, 0.1) is 6.10 Å². The summed E-state index contributed by atoms with van der Waals surface area (Å²) in [6, 6.07) is 0. The summed E-state index contributed by atoms with van der Waals surface area (Å²) in [7, 11) is 0. The van der Waals surface area contributed by atoms with Crippen molar-refractivity contribution in [2.75, 3.05) is 19.8 Å². The molecule has 14 heavy (non-hydrogen) atoms. The molecule has 82 valence electrons. The molecule has 0 radical (unpaired) electrons. The van der Waals surface area contributed by atoms with Crippen LogP contribution in [0.3, 0.4) is 0 Å². The number of ketones is 1. The second-order valence-electron chi connectivity index (χ2n) is 3.66. The number of rotatable bonds is 6. The van der Waals surface area contributed by atoms with Crippen molar-refractivity contribution < 1.29 is 14.3 Å². The minimum absolute atomic E-state index is 0.314. The van der Waals surface area contributed by atoms with Crippen LogP contribution in [0.5, 0.6) is 0 Å². The third-order valence-corrected chi connectivity index (χ3v) is 2.48. The maximum absolute atomic E-state index is 10.9. The third-order valence-electron chi connectivity index (χ3n) is 2.48. The van der Waals surface area contributed by atoms with E-state index < -0.39 is 0 Å². The van der Waals surface area contributed by atoms with Gasteiger partial charge in [0.25, 0.3) is 0 Å². The highest BCUT2D eigenvalue weighted by Crippen LogP contribution is 2.17. The van der Waals surface area contributed by atoms with Crippen LogP contribution in [-0.2, 0) is 14.3 Å². The van der Waals surface area contributed by atoms with Gasteiger partial charge in [0.2, 0.25) is 0 Å². The maximum Gasteiger partial charge on any atom is 0.133 e. The van der Waals surface area contributed by atoms with Crippen molar-refractivity contribution in [2.45, 2.75) is 45.1 Å². The number of hydrogen-bond acceptors (Lipinski definition) is 3. The van der Waals surface area contributed by atoms with Crippen LogP contribution >= 0.6 is 0 Å². The Bertz CT molecular complexity index is 158. The highest BCUT2D eigenvalue weighted by Gasteiger charge is 2.18. The zero-order valence-electron chi connectivity index (χ0n) is 8.96. The number of Topliss-reactive ketones (excluding diaryl/α,β-unsaturated/α-hetero) is 1. The maximum atomic E-state index is 10.9. The average Bonchev–Trinajstić information content (AvgIpc) is 2.21. The second kappa shape index (κ2) is 6.96. The van der Waals surface area contributed by atoms with Gasteiger partial charge in [0.15, 0.2) is 0 Å². The number of hydrogen-bond donors (Lipinski definition) is 0. The molecule has 1 aliphatic rings. The van der Waals surface area contributed by atoms with Gasteiger partial charge in [-0.2, -0.15) is 0 Å². The first-order valence-corrected chi connectivity index (χ1v) is 5.54. The first-order chi connectivity index (χ1) is 6.83. The van der Waals surface area contributed by atoms with E-state index in [0.29, 0.717) is 24.7 Å². The molecule has 0 saturated heterocycles. The van der Waals surface area contributed by atoms with E-state index in [1.165, 1.54) is 0 Å². The van der Waals surface area contributed by atoms with E-state index in [0.717, 1.165) is 39.1 Å². The molecule has 0 aromatic carbocycles. The standard InChI is InChI=1S/C11H20O3/c1-2-13-8-3-9-14-11-6-4-10(12)5-7-11/h11H,2-9H2,1H3. The lowest BCUT2D eigenvalue weighted by molar-refractivity contribution is -0.123. The van der Waals surface area contributed by atoms with E-state index >= 15 is 0 Å². The van der Waals surface area contributed by atoms with Crippen LogP contribution < -0.4 is 0 Å². The van der Waals surface area contributed by atoms with Crippen molar-refractivity contribution in [1.82, 2.24) is 0 Å². The zero-order chi connectivity index (χ0) is 10.2. The molecular weight excluding hydrogens is 180 g/mol. The first kappa shape index (κ1) is 11.7. The molecule has 0 aromatic heterocycles. The van der Waals surface area contributed by atoms with Crippen molar-refractivity contribution in [3.05, 3.63) is 0 Å². The van der Waals surface area contributed by atoms with E-state index in [-0.39, 0.29) is 0 Å². The summed E-state index contributed by atoms with van der Waals surface area (Å²) in [5.41, 5.74) is 0. The Labute approximate surface area is 85.8 Å². The topological polar surface area (TPSA) is 35.5 Å². The molecule has 3 nitrogen and oxygen atoms in total. The van der Waals surface area contributed by atoms with Gasteiger partial charge in [0.1, 0.15) is 5.78 Å². The summed E-state index contributed by atoms with van der Waals surface area (Å²) in [6.45, 7) is 4.31. The molecule has 0 unspecified atom stereocenters. The molecule has 0 atom stereocenters. The van der Waals surface area contributed by atoms with Crippen molar-refractivity contribution in [3.8, 4) is 0 Å². The smallest absolute Gasteiger partial charge is 0.133 e. The molecular formula is C11H20O3. The molecule has 0 spiro atoms. The number of carbonyl (C=O) groups is 1. The molecule has 1 saturated carbocycles. The normalized spacial score (nSPS) is 18.8. The molecule has 1 aliphatic carbocycles. The fourth-order valence-electron chi connectivity index (χ4n) is 1.64. The van der Waals surface area contributed by atoms with Crippen LogP contribution in [0.2, 0.25) is 0 Å². The summed E-state index contributed by atoms with van der Waals surface area (Å²) >= 11 is 0. The van der Waals surface area contributed by atoms with Gasteiger partial charge in [-0.3, -0.25) is 4.79 Å². The van der Waals surface area contributed by atoms with E-state index in [1.807, 2.05) is 6.92 Å². The Morgan fingerprint density at radius 1 is 1.29 bits per heavy atom. The summed E-state index contributed by atoms with van der Waals surface area (Å²) in [5.74, 6) is 0.388. The van der Waals surface area contributed by atoms with Gasteiger partial charge in [-0.1, -0.05) is 0 Å². The molecule has 3 heteroatoms. The quantitative estimate of drug-likeness (QED) is 0.615. The Kier molecular flexibility index (Phi) is 5.80. The van der Waals surface area contributed by atoms with Gasteiger partial charge in [-0.15, -0.1) is 0 Å². The predicted octanol–water partition coefficient (Wildman–Crippen LogP) is 1.94. The minimum atomic E-state index is 0.314. The van der Waals surface area contributed by atoms with E-state index in [1.54, 1.807) is 0 Å². The molecule has 0 N–H and O–H groups in total. The van der Waals surface area contributed by atoms with Gasteiger partial charge in [-0.05, 0) is 26.2 Å². The Hall–Kier alpha value is -0.410. The zero-order valence-corrected chi connectivity index (χ0v) is 8.96. The first-order valence-electron chi connectivity index (χ1n) is 5.54. The average molecular weight is 200 g/mol. The largest absolute Gasteiger partial charge is 0.382 e. The summed E-state index contributed by atoms with van der Waals surface area (Å²) in [5, 5.41) is 0. The number of carbonyl (C=O) groups excluding carboxylic acids is 1. The summed E-state index contributed by atoms with van der Waals surface area (Å²) in [6.07, 6.45) is 4.50. The molecule has 0 aromatic rings. The minimum Gasteiger partial charge on any atom is -0.382 e. The van der Waals surface area contributed by atoms with Crippen LogP contribution in [-0.4, -0.2) is 31.7 Å². The van der Waals surface area contributed by atoms with Crippen molar-refractivity contribution in [2.24, 2.45) is 0 Å². The highest BCUT2D eigenvalue weighted by atomic mass is 16.5. The van der Waals surface area contributed by atoms with E-state index in [4.69, 9.17) is 9.47 Å². The van der Waals surface area contributed by atoms with Crippen LogP contribution in [0, 0.1) is 0 Å². The van der Waals surface area contributed by atoms with Crippen LogP contribution in [0.25, 0.3) is 0 Å². The Morgan fingerprint density at radius 2 is 2.00 bits per heavy atom. The molecule has 1 fully saturated rings. The Balaban J connectivity index is 1.94. The van der Waals surface area contributed by atoms with Gasteiger partial charge < -0.3 is 9.47 Å². The lowest BCUT2D eigenvalue weighted by Crippen LogP contribution is -2.22. The van der Waals surface area contributed by atoms with Crippen LogP contribution in [0.1, 0.15) is 39.0 Å². The SMILES string of the molecule is CCOCCCOC1CCC(=O)CC1. The van der Waals surface area contributed by atoms with Gasteiger partial charge >= 0.3 is 0 Å². The van der Waals surface area contributed by atoms with Crippen molar-refractivity contribution in [1.29, 1.82) is 0 Å². The third kappa shape index (κ3) is 4.72. The predicted molar refractivity (Wildman–Crippen MR) is 54.3 cm³/mol. The lowest BCUT2D eigenvalue weighted by atomic mass is 9.96. The van der Waals surface area contributed by atoms with E-state index in [9.17, 15) is 4.79 Å². The fraction of sp³-hybridized carbons (Fsp3) is 0.909. The molecule has 0 aliphatic heterocycles. The second-order valence-corrected chi connectivity index (χ2v) is 3.66. The lowest BCUT2D eigenvalue weighted by Gasteiger charge is -2.21. The summed E-state index contributed by atoms with van der Waals surface area (Å²) in [4.78, 5) is 10.9. The highest BCUT2D eigenvalue weighted by molar-refractivity contribution is 5.79. The van der Waals surface area contributed by atoms with Crippen molar-refractivity contribution >= 4 is 5.78 Å². The summed E-state index contributed by atoms with van der Waals surface area (Å²) < 4.78 is 10.9. The molecule has 1 rings (SSSR count). The van der Waals surface area contributed by atoms with Gasteiger partial charge in [0, 0.05) is 32.7 Å². The van der Waals surface area contributed by atoms with E-state index in [2.05, 4.69) is 0 Å². The fourth-order valence-corrected chi connectivity index (χ4v) is 1.64. The van der Waals surface area contributed by atoms with Crippen LogP contribution in [0.4, 0.5) is 0 Å². The molecule has 0 heterocycles.